The summed E-state index contributed by atoms with van der Waals surface area (Å²) in [6.07, 6.45) is 0.123. The highest BCUT2D eigenvalue weighted by molar-refractivity contribution is 5.91. The molecular weight excluding hydrogens is 479 g/mol. The van der Waals surface area contributed by atoms with Crippen LogP contribution >= 0.6 is 0 Å². The van der Waals surface area contributed by atoms with Crippen LogP contribution in [-0.2, 0) is 14.3 Å². The maximum atomic E-state index is 10.7. The molecule has 0 saturated heterocycles. The second-order valence-electron chi connectivity index (χ2n) is 8.14. The molecule has 0 bridgehead atoms. The zero-order chi connectivity index (χ0) is 26.3. The summed E-state index contributed by atoms with van der Waals surface area (Å²) in [5.74, 6) is -3.39. The lowest BCUT2D eigenvalue weighted by molar-refractivity contribution is -0.192. The van der Waals surface area contributed by atoms with Gasteiger partial charge < -0.3 is 14.9 Å². The smallest absolute Gasteiger partial charge is 0.480 e. The molecule has 1 saturated carbocycles. The molecule has 1 fully saturated rings. The Labute approximate surface area is 204 Å². The van der Waals surface area contributed by atoms with Crippen LogP contribution in [0, 0.1) is 11.3 Å². The molecule has 0 unspecified atom stereocenters. The Balaban J connectivity index is 0.000000454. The van der Waals surface area contributed by atoms with Crippen LogP contribution in [0.5, 0.6) is 0 Å². The van der Waals surface area contributed by atoms with E-state index in [0.717, 1.165) is 53.5 Å². The fraction of sp³-hybridized carbons (Fsp3) is 0.320. The van der Waals surface area contributed by atoms with Crippen LogP contribution in [0.2, 0.25) is 0 Å². The number of alkyl halides is 3. The van der Waals surface area contributed by atoms with Crippen molar-refractivity contribution < 1.29 is 37.7 Å². The van der Waals surface area contributed by atoms with Crippen LogP contribution in [0.15, 0.2) is 48.7 Å². The highest BCUT2D eigenvalue weighted by atomic mass is 19.4. The van der Waals surface area contributed by atoms with Crippen molar-refractivity contribution in [1.29, 1.82) is 5.26 Å². The highest BCUT2D eigenvalue weighted by Crippen LogP contribution is 2.36. The van der Waals surface area contributed by atoms with Crippen molar-refractivity contribution in [2.75, 3.05) is 6.61 Å². The molecule has 11 heteroatoms. The van der Waals surface area contributed by atoms with Gasteiger partial charge in [0, 0.05) is 28.8 Å². The lowest BCUT2D eigenvalue weighted by Gasteiger charge is -2.28. The lowest BCUT2D eigenvalue weighted by atomic mass is 9.84. The van der Waals surface area contributed by atoms with Crippen molar-refractivity contribution in [3.8, 4) is 17.3 Å². The first-order chi connectivity index (χ1) is 17.1. The molecule has 2 N–H and O–H groups in total. The Kier molecular flexibility index (Phi) is 8.55. The zero-order valence-electron chi connectivity index (χ0n) is 18.9. The van der Waals surface area contributed by atoms with Gasteiger partial charge in [0.05, 0.1) is 28.9 Å². The number of carboxylic acid groups (broad SMARTS) is 2. The molecule has 188 valence electrons. The molecule has 3 aromatic rings. The molecule has 0 atom stereocenters. The van der Waals surface area contributed by atoms with Crippen molar-refractivity contribution in [1.82, 2.24) is 9.97 Å². The van der Waals surface area contributed by atoms with Crippen LogP contribution in [0.4, 0.5) is 13.2 Å². The molecule has 2 aromatic heterocycles. The standard InChI is InChI=1S/C23H21N3O3.C2HF3O2/c24-13-15-3-1-4-17(11-15)23-22-18(5-2-10-25-22)12-20(26-23)16-6-8-19(9-7-16)29-14-21(27)28;3-2(4,5)1(6)7/h1-5,10-12,16,19H,6-9,14H2,(H,27,28);(H,6,7). The van der Waals surface area contributed by atoms with Gasteiger partial charge in [-0.25, -0.2) is 9.59 Å². The molecule has 36 heavy (non-hydrogen) atoms. The Morgan fingerprint density at radius 3 is 2.39 bits per heavy atom. The maximum Gasteiger partial charge on any atom is 0.490 e. The molecule has 1 aliphatic carbocycles. The van der Waals surface area contributed by atoms with Crippen LogP contribution in [0.3, 0.4) is 0 Å². The van der Waals surface area contributed by atoms with Crippen molar-refractivity contribution in [3.05, 3.63) is 59.9 Å². The summed E-state index contributed by atoms with van der Waals surface area (Å²) in [4.78, 5) is 29.1. The van der Waals surface area contributed by atoms with Gasteiger partial charge in [0.15, 0.2) is 0 Å². The number of aliphatic carboxylic acids is 2. The average Bonchev–Trinajstić information content (AvgIpc) is 2.87. The number of nitriles is 1. The number of rotatable bonds is 5. The van der Waals surface area contributed by atoms with Crippen LogP contribution in [-0.4, -0.2) is 51.0 Å². The van der Waals surface area contributed by atoms with Gasteiger partial charge in [-0.1, -0.05) is 18.2 Å². The number of aromatic nitrogens is 2. The topological polar surface area (TPSA) is 133 Å². The summed E-state index contributed by atoms with van der Waals surface area (Å²) in [6.45, 7) is -0.241. The first-order valence-corrected chi connectivity index (χ1v) is 11.0. The zero-order valence-corrected chi connectivity index (χ0v) is 18.9. The van der Waals surface area contributed by atoms with Crippen molar-refractivity contribution in [3.63, 3.8) is 0 Å². The molecule has 0 aliphatic heterocycles. The predicted molar refractivity (Wildman–Crippen MR) is 122 cm³/mol. The summed E-state index contributed by atoms with van der Waals surface area (Å²) in [7, 11) is 0. The lowest BCUT2D eigenvalue weighted by Crippen LogP contribution is -2.24. The van der Waals surface area contributed by atoms with E-state index in [1.807, 2.05) is 30.3 Å². The van der Waals surface area contributed by atoms with Crippen LogP contribution < -0.4 is 0 Å². The van der Waals surface area contributed by atoms with Gasteiger partial charge in [-0.2, -0.15) is 18.4 Å². The third-order valence-electron chi connectivity index (χ3n) is 5.65. The second kappa shape index (κ2) is 11.6. The number of pyridine rings is 2. The third kappa shape index (κ3) is 6.99. The van der Waals surface area contributed by atoms with E-state index in [4.69, 9.17) is 24.7 Å². The van der Waals surface area contributed by atoms with Gasteiger partial charge in [0.2, 0.25) is 0 Å². The second-order valence-corrected chi connectivity index (χ2v) is 8.14. The van der Waals surface area contributed by atoms with Crippen molar-refractivity contribution in [2.24, 2.45) is 0 Å². The first kappa shape index (κ1) is 26.6. The Morgan fingerprint density at radius 2 is 1.78 bits per heavy atom. The largest absolute Gasteiger partial charge is 0.490 e. The van der Waals surface area contributed by atoms with E-state index in [2.05, 4.69) is 17.1 Å². The number of hydrogen-bond acceptors (Lipinski definition) is 6. The molecule has 1 aliphatic rings. The van der Waals surface area contributed by atoms with E-state index in [9.17, 15) is 23.2 Å². The highest BCUT2D eigenvalue weighted by Gasteiger charge is 2.38. The average molecular weight is 501 g/mol. The number of benzene rings is 1. The monoisotopic (exact) mass is 501 g/mol. The fourth-order valence-corrected chi connectivity index (χ4v) is 3.97. The van der Waals surface area contributed by atoms with E-state index in [0.29, 0.717) is 11.5 Å². The van der Waals surface area contributed by atoms with Gasteiger partial charge in [0.1, 0.15) is 6.61 Å². The summed E-state index contributed by atoms with van der Waals surface area (Å²) < 4.78 is 37.2. The SMILES string of the molecule is N#Cc1cccc(-c2nc(C3CCC(OCC(=O)O)CC3)cc3cccnc23)c1.O=C(O)C(F)(F)F. The Morgan fingerprint density at radius 1 is 1.08 bits per heavy atom. The fourth-order valence-electron chi connectivity index (χ4n) is 3.97. The number of hydrogen-bond donors (Lipinski definition) is 2. The predicted octanol–water partition coefficient (Wildman–Crippen LogP) is 4.93. The molecular formula is C25H22F3N3O5. The van der Waals surface area contributed by atoms with E-state index in [1.165, 1.54) is 0 Å². The maximum absolute atomic E-state index is 10.7. The Bertz CT molecular complexity index is 1280. The van der Waals surface area contributed by atoms with Gasteiger partial charge in [-0.3, -0.25) is 9.97 Å². The molecule has 8 nitrogen and oxygen atoms in total. The summed E-state index contributed by atoms with van der Waals surface area (Å²) in [6, 6.07) is 15.7. The summed E-state index contributed by atoms with van der Waals surface area (Å²) in [5, 5.41) is 26.2. The molecule has 4 rings (SSSR count). The van der Waals surface area contributed by atoms with Crippen LogP contribution in [0.25, 0.3) is 22.2 Å². The van der Waals surface area contributed by atoms with E-state index < -0.39 is 18.1 Å². The minimum atomic E-state index is -5.08. The number of ether oxygens (including phenoxy) is 1. The third-order valence-corrected chi connectivity index (χ3v) is 5.65. The quantitative estimate of drug-likeness (QED) is 0.503. The Hall–Kier alpha value is -4.04. The van der Waals surface area contributed by atoms with Gasteiger partial charge in [-0.15, -0.1) is 0 Å². The van der Waals surface area contributed by atoms with Crippen LogP contribution in [0.1, 0.15) is 42.9 Å². The van der Waals surface area contributed by atoms with Gasteiger partial charge in [-0.05, 0) is 49.9 Å². The number of carboxylic acids is 2. The van der Waals surface area contributed by atoms with Gasteiger partial charge >= 0.3 is 18.1 Å². The molecule has 0 radical (unpaired) electrons. The normalized spacial score (nSPS) is 17.5. The molecule has 1 aromatic carbocycles. The molecule has 0 spiro atoms. The summed E-state index contributed by atoms with van der Waals surface area (Å²) in [5.41, 5.74) is 4.10. The van der Waals surface area contributed by atoms with Crippen molar-refractivity contribution >= 4 is 22.8 Å². The molecule has 2 heterocycles. The number of carbonyl (C=O) groups is 2. The van der Waals surface area contributed by atoms with E-state index in [1.54, 1.807) is 12.3 Å². The molecule has 0 amide bonds. The number of fused-ring (bicyclic) bond motifs is 1. The van der Waals surface area contributed by atoms with E-state index >= 15 is 0 Å². The summed E-state index contributed by atoms with van der Waals surface area (Å²) >= 11 is 0. The number of halogens is 3. The van der Waals surface area contributed by atoms with E-state index in [-0.39, 0.29) is 12.7 Å². The van der Waals surface area contributed by atoms with Gasteiger partial charge in [0.25, 0.3) is 0 Å². The minimum Gasteiger partial charge on any atom is -0.480 e. The number of nitrogens with zero attached hydrogens (tertiary/aromatic N) is 3. The van der Waals surface area contributed by atoms with Crippen molar-refractivity contribution in [2.45, 2.75) is 43.9 Å². The minimum absolute atomic E-state index is 0.00347. The first-order valence-electron chi connectivity index (χ1n) is 11.0.